The topological polar surface area (TPSA) is 61.5 Å². The summed E-state index contributed by atoms with van der Waals surface area (Å²) in [4.78, 5) is 7.20. The quantitative estimate of drug-likeness (QED) is 0.503. The predicted molar refractivity (Wildman–Crippen MR) is 122 cm³/mol. The van der Waals surface area contributed by atoms with E-state index in [2.05, 4.69) is 70.1 Å². The van der Waals surface area contributed by atoms with Crippen molar-refractivity contribution in [3.8, 4) is 0 Å². The number of benzene rings is 1. The minimum absolute atomic E-state index is 0. The Kier molecular flexibility index (Phi) is 7.46. The van der Waals surface area contributed by atoms with Crippen molar-refractivity contribution in [2.75, 3.05) is 40.6 Å². The molecule has 0 aliphatic carbocycles. The Morgan fingerprint density at radius 3 is 2.47 bits per heavy atom. The third kappa shape index (κ3) is 4.38. The average Bonchev–Trinajstić information content (AvgIpc) is 3.00. The number of rotatable bonds is 6. The van der Waals surface area contributed by atoms with Crippen molar-refractivity contribution >= 4 is 34.5 Å². The number of nitrogens with zero attached hydrogens (tertiary/aromatic N) is 5. The third-order valence-corrected chi connectivity index (χ3v) is 6.53. The minimum atomic E-state index is 0. The van der Waals surface area contributed by atoms with Crippen LogP contribution >= 0.6 is 11.6 Å². The van der Waals surface area contributed by atoms with Crippen LogP contribution in [0.3, 0.4) is 0 Å². The van der Waals surface area contributed by atoms with Gasteiger partial charge in [0.25, 0.3) is 0 Å². The maximum Gasteiger partial charge on any atom is 2.00 e. The number of fused-ring (bicyclic) bond motifs is 2. The molecule has 8 heteroatoms. The van der Waals surface area contributed by atoms with Crippen molar-refractivity contribution in [3.63, 3.8) is 0 Å². The molecule has 30 heavy (non-hydrogen) atoms. The molecule has 1 aromatic heterocycles. The number of hydrogen-bond acceptors (Lipinski definition) is 6. The van der Waals surface area contributed by atoms with E-state index in [0.29, 0.717) is 29.1 Å². The van der Waals surface area contributed by atoms with Gasteiger partial charge in [0.05, 0.1) is 5.69 Å². The number of anilines is 4. The van der Waals surface area contributed by atoms with Crippen molar-refractivity contribution in [2.24, 2.45) is 0 Å². The van der Waals surface area contributed by atoms with Crippen molar-refractivity contribution in [2.45, 2.75) is 43.8 Å². The third-order valence-electron chi connectivity index (χ3n) is 6.34. The Hall–Kier alpha value is -1.59. The Balaban J connectivity index is 0.00000256. The summed E-state index contributed by atoms with van der Waals surface area (Å²) in [6, 6.07) is 11.9. The molecule has 156 valence electrons. The summed E-state index contributed by atoms with van der Waals surface area (Å²) in [6.07, 6.45) is 4.04. The van der Waals surface area contributed by atoms with Gasteiger partial charge in [-0.15, -0.1) is 10.2 Å². The molecule has 2 N–H and O–H groups in total. The Bertz CT molecular complexity index is 847. The SMILES string of the molecule is [CH2-]CC(C[CH2-])N(C)c1cccc(N2[C@@H]3CC[C@H]2CN(c2cc(Cl)nnc2N)C3)c1.[Zn+2]. The number of aromatic nitrogens is 2. The first-order valence-electron chi connectivity index (χ1n) is 10.2. The molecular weight excluding hydrogens is 449 g/mol. The molecule has 2 fully saturated rings. The van der Waals surface area contributed by atoms with E-state index >= 15 is 0 Å². The van der Waals surface area contributed by atoms with Gasteiger partial charge in [0, 0.05) is 49.7 Å². The number of piperazine rings is 1. The fourth-order valence-corrected chi connectivity index (χ4v) is 4.90. The van der Waals surface area contributed by atoms with E-state index in [1.54, 1.807) is 0 Å². The summed E-state index contributed by atoms with van der Waals surface area (Å²) in [5.41, 5.74) is 9.48. The van der Waals surface area contributed by atoms with E-state index in [9.17, 15) is 0 Å². The molecule has 0 spiro atoms. The molecule has 2 bridgehead atoms. The second-order valence-corrected chi connectivity index (χ2v) is 8.38. The monoisotopic (exact) mass is 476 g/mol. The van der Waals surface area contributed by atoms with Crippen LogP contribution in [0.15, 0.2) is 30.3 Å². The van der Waals surface area contributed by atoms with Crippen molar-refractivity contribution in [1.82, 2.24) is 10.2 Å². The molecule has 3 heterocycles. The maximum atomic E-state index is 6.08. The fraction of sp³-hybridized carbons (Fsp3) is 0.455. The van der Waals surface area contributed by atoms with Crippen molar-refractivity contribution in [3.05, 3.63) is 49.3 Å². The predicted octanol–water partition coefficient (Wildman–Crippen LogP) is 3.82. The van der Waals surface area contributed by atoms with Gasteiger partial charge in [0.15, 0.2) is 11.0 Å². The number of nitrogen functional groups attached to an aromatic ring is 1. The molecule has 1 aromatic carbocycles. The molecule has 2 saturated heterocycles. The molecule has 0 unspecified atom stereocenters. The van der Waals surface area contributed by atoms with Crippen LogP contribution in [0.1, 0.15) is 25.7 Å². The van der Waals surface area contributed by atoms with E-state index in [0.717, 1.165) is 31.6 Å². The molecule has 2 aliphatic rings. The standard InChI is InChI=1S/C22H29ClN6.Zn/c1-4-15(5-2)27(3)16-7-6-8-17(11-16)29-18-9-10-19(29)14-28(13-18)20-12-21(23)25-26-22(20)24;/h6-8,11-12,15,18-19H,1-2,4-5,9-10,13-14H2,3H3,(H2,24,26);/q-2;+2/t18-,19+;. The van der Waals surface area contributed by atoms with Gasteiger partial charge in [-0.1, -0.05) is 17.7 Å². The second-order valence-electron chi connectivity index (χ2n) is 8.00. The Morgan fingerprint density at radius 2 is 1.83 bits per heavy atom. The second kappa shape index (κ2) is 9.70. The van der Waals surface area contributed by atoms with Crippen LogP contribution in [0.4, 0.5) is 22.9 Å². The van der Waals surface area contributed by atoms with Gasteiger partial charge in [-0.25, -0.2) is 0 Å². The average molecular weight is 478 g/mol. The number of hydrogen-bond donors (Lipinski definition) is 1. The molecule has 2 aromatic rings. The van der Waals surface area contributed by atoms with Gasteiger partial charge in [0.1, 0.15) is 0 Å². The number of halogens is 1. The summed E-state index contributed by atoms with van der Waals surface area (Å²) >= 11 is 6.07. The van der Waals surface area contributed by atoms with Crippen LogP contribution in [-0.4, -0.2) is 48.5 Å². The summed E-state index contributed by atoms with van der Waals surface area (Å²) < 4.78 is 0. The largest absolute Gasteiger partial charge is 2.00 e. The zero-order valence-electron chi connectivity index (χ0n) is 17.7. The summed E-state index contributed by atoms with van der Waals surface area (Å²) in [5, 5.41) is 8.21. The van der Waals surface area contributed by atoms with Gasteiger partial charge >= 0.3 is 19.5 Å². The smallest absolute Gasteiger partial charge is 0.380 e. The summed E-state index contributed by atoms with van der Waals surface area (Å²) in [7, 11) is 2.13. The van der Waals surface area contributed by atoms with Crippen LogP contribution in [0.5, 0.6) is 0 Å². The van der Waals surface area contributed by atoms with Gasteiger partial charge in [-0.05, 0) is 37.1 Å². The summed E-state index contributed by atoms with van der Waals surface area (Å²) in [6.45, 7) is 9.96. The molecule has 0 amide bonds. The molecule has 2 aliphatic heterocycles. The molecule has 0 saturated carbocycles. The number of nitrogens with two attached hydrogens (primary N) is 1. The van der Waals surface area contributed by atoms with E-state index < -0.39 is 0 Å². The first kappa shape index (κ1) is 23.1. The van der Waals surface area contributed by atoms with E-state index in [1.165, 1.54) is 24.2 Å². The van der Waals surface area contributed by atoms with E-state index in [4.69, 9.17) is 17.3 Å². The Labute approximate surface area is 197 Å². The van der Waals surface area contributed by atoms with Gasteiger partial charge in [-0.2, -0.15) is 12.8 Å². The first-order valence-corrected chi connectivity index (χ1v) is 10.6. The van der Waals surface area contributed by atoms with Gasteiger partial charge in [-0.3, -0.25) is 0 Å². The van der Waals surface area contributed by atoms with Crippen LogP contribution in [-0.2, 0) is 19.5 Å². The Morgan fingerprint density at radius 1 is 1.17 bits per heavy atom. The molecule has 0 radical (unpaired) electrons. The first-order chi connectivity index (χ1) is 14.0. The maximum absolute atomic E-state index is 6.08. The normalized spacial score (nSPS) is 20.4. The zero-order valence-corrected chi connectivity index (χ0v) is 21.4. The zero-order chi connectivity index (χ0) is 20.5. The molecule has 2 atom stereocenters. The minimum Gasteiger partial charge on any atom is -0.380 e. The van der Waals surface area contributed by atoms with Gasteiger partial charge in [0.2, 0.25) is 0 Å². The van der Waals surface area contributed by atoms with E-state index in [1.807, 2.05) is 6.07 Å². The fourth-order valence-electron chi connectivity index (χ4n) is 4.76. The molecule has 6 nitrogen and oxygen atoms in total. The van der Waals surface area contributed by atoms with Crippen LogP contribution in [0.2, 0.25) is 5.15 Å². The molecule has 4 rings (SSSR count). The van der Waals surface area contributed by atoms with Crippen molar-refractivity contribution in [1.29, 1.82) is 0 Å². The van der Waals surface area contributed by atoms with E-state index in [-0.39, 0.29) is 19.5 Å². The van der Waals surface area contributed by atoms with Crippen LogP contribution in [0, 0.1) is 13.8 Å². The summed E-state index contributed by atoms with van der Waals surface area (Å²) in [5.74, 6) is 0.443. The van der Waals surface area contributed by atoms with Crippen LogP contribution < -0.4 is 20.4 Å². The van der Waals surface area contributed by atoms with Crippen molar-refractivity contribution < 1.29 is 19.5 Å². The van der Waals surface area contributed by atoms with Crippen LogP contribution in [0.25, 0.3) is 0 Å². The van der Waals surface area contributed by atoms with Gasteiger partial charge < -0.3 is 34.3 Å². The molecular formula is C22H29ClN6Zn.